The summed E-state index contributed by atoms with van der Waals surface area (Å²) in [5.41, 5.74) is 0. The molecule has 68 heavy (non-hydrogen) atoms. The summed E-state index contributed by atoms with van der Waals surface area (Å²) in [7, 11) is 0. The van der Waals surface area contributed by atoms with Crippen molar-refractivity contribution in [1.29, 1.82) is 0 Å². The first-order chi connectivity index (χ1) is 33.5. The van der Waals surface area contributed by atoms with Gasteiger partial charge in [-0.25, -0.2) is 0 Å². The Morgan fingerprint density at radius 2 is 0.809 bits per heavy atom. The first-order valence-corrected chi connectivity index (χ1v) is 29.6. The van der Waals surface area contributed by atoms with E-state index in [9.17, 15) is 19.8 Å². The third kappa shape index (κ3) is 50.0. The molecular formula is C62H113NO5. The summed E-state index contributed by atoms with van der Waals surface area (Å²) < 4.78 is 5.94. The van der Waals surface area contributed by atoms with E-state index in [1.54, 1.807) is 0 Å². The number of aliphatic hydroxyl groups excluding tert-OH is 2. The number of ether oxygens (including phenoxy) is 1. The van der Waals surface area contributed by atoms with Crippen molar-refractivity contribution in [3.05, 3.63) is 60.8 Å². The van der Waals surface area contributed by atoms with Gasteiger partial charge in [0.05, 0.1) is 25.2 Å². The van der Waals surface area contributed by atoms with Gasteiger partial charge in [-0.3, -0.25) is 9.59 Å². The van der Waals surface area contributed by atoms with Crippen molar-refractivity contribution < 1.29 is 24.5 Å². The van der Waals surface area contributed by atoms with E-state index >= 15 is 0 Å². The summed E-state index contributed by atoms with van der Waals surface area (Å²) in [4.78, 5) is 26.3. The van der Waals surface area contributed by atoms with Gasteiger partial charge in [0.15, 0.2) is 0 Å². The van der Waals surface area contributed by atoms with Crippen molar-refractivity contribution in [3.63, 3.8) is 0 Å². The molecule has 3 N–H and O–H groups in total. The molecule has 0 saturated heterocycles. The fraction of sp³-hybridized carbons (Fsp3) is 0.806. The van der Waals surface area contributed by atoms with E-state index in [1.165, 1.54) is 180 Å². The molecule has 0 aromatic heterocycles. The molecule has 6 heteroatoms. The fourth-order valence-electron chi connectivity index (χ4n) is 8.97. The Kier molecular flexibility index (Phi) is 53.5. The molecule has 1 amide bonds. The minimum atomic E-state index is -0.801. The molecule has 3 atom stereocenters. The first kappa shape index (κ1) is 65.6. The molecule has 0 saturated carbocycles. The zero-order valence-corrected chi connectivity index (χ0v) is 45.2. The van der Waals surface area contributed by atoms with Crippen molar-refractivity contribution >= 4 is 11.9 Å². The van der Waals surface area contributed by atoms with Crippen LogP contribution in [0.3, 0.4) is 0 Å². The molecule has 6 nitrogen and oxygen atoms in total. The van der Waals surface area contributed by atoms with Crippen LogP contribution in [0.15, 0.2) is 60.8 Å². The summed E-state index contributed by atoms with van der Waals surface area (Å²) in [5, 5.41) is 23.9. The number of rotatable bonds is 53. The number of hydrogen-bond donors (Lipinski definition) is 3. The van der Waals surface area contributed by atoms with Gasteiger partial charge in [-0.05, 0) is 70.6 Å². The zero-order chi connectivity index (χ0) is 49.5. The van der Waals surface area contributed by atoms with Crippen LogP contribution in [0, 0.1) is 0 Å². The number of esters is 1. The Morgan fingerprint density at radius 3 is 1.26 bits per heavy atom. The van der Waals surface area contributed by atoms with E-state index in [0.717, 1.165) is 70.6 Å². The second kappa shape index (κ2) is 55.5. The third-order valence-electron chi connectivity index (χ3n) is 13.4. The monoisotopic (exact) mass is 952 g/mol. The van der Waals surface area contributed by atoms with Crippen molar-refractivity contribution in [3.8, 4) is 0 Å². The number of aliphatic hydroxyl groups is 2. The van der Waals surface area contributed by atoms with Gasteiger partial charge in [-0.2, -0.15) is 0 Å². The van der Waals surface area contributed by atoms with Crippen LogP contribution in [0.1, 0.15) is 297 Å². The van der Waals surface area contributed by atoms with Gasteiger partial charge in [0.2, 0.25) is 5.91 Å². The van der Waals surface area contributed by atoms with Crippen molar-refractivity contribution in [2.24, 2.45) is 0 Å². The Bertz CT molecular complexity index is 1210. The molecule has 0 fully saturated rings. The Hall–Kier alpha value is -2.44. The predicted molar refractivity (Wildman–Crippen MR) is 296 cm³/mol. The number of unbranched alkanes of at least 4 members (excludes halogenated alkanes) is 34. The maximum absolute atomic E-state index is 13.3. The van der Waals surface area contributed by atoms with Crippen LogP contribution in [0.5, 0.6) is 0 Å². The van der Waals surface area contributed by atoms with Gasteiger partial charge >= 0.3 is 5.97 Å². The van der Waals surface area contributed by atoms with Crippen molar-refractivity contribution in [2.75, 3.05) is 6.61 Å². The molecule has 0 aliphatic carbocycles. The molecule has 0 aliphatic heterocycles. The summed E-state index contributed by atoms with van der Waals surface area (Å²) in [6.45, 7) is 6.36. The SMILES string of the molecule is CC/C=C/C=C/C=C/C=C\CCCCCC(CC(=O)NC(CO)C(O)CCCCCCCCCCCCCCCCCCC)OC(=O)CCCCCCCCCCC/C=C/CCCCCCCC. The van der Waals surface area contributed by atoms with E-state index in [4.69, 9.17) is 4.74 Å². The van der Waals surface area contributed by atoms with Gasteiger partial charge in [0.25, 0.3) is 0 Å². The van der Waals surface area contributed by atoms with E-state index in [2.05, 4.69) is 62.5 Å². The summed E-state index contributed by atoms with van der Waals surface area (Å²) >= 11 is 0. The maximum Gasteiger partial charge on any atom is 0.306 e. The van der Waals surface area contributed by atoms with Crippen LogP contribution >= 0.6 is 0 Å². The summed E-state index contributed by atoms with van der Waals surface area (Å²) in [6, 6.07) is -0.717. The average molecular weight is 953 g/mol. The van der Waals surface area contributed by atoms with Crippen LogP contribution in [0.25, 0.3) is 0 Å². The largest absolute Gasteiger partial charge is 0.462 e. The minimum absolute atomic E-state index is 0.0508. The van der Waals surface area contributed by atoms with Gasteiger partial charge in [0, 0.05) is 6.42 Å². The molecule has 0 aromatic carbocycles. The van der Waals surface area contributed by atoms with Crippen LogP contribution in [0.4, 0.5) is 0 Å². The standard InChI is InChI=1S/C62H113NO5/c1-4-7-10-13-16-19-22-25-27-29-30-32-34-37-40-43-46-49-52-55-62(67)68-58(53-50-47-44-41-38-35-24-21-18-15-12-9-6-3)56-61(66)63-59(57-64)60(65)54-51-48-45-42-39-36-33-31-28-26-23-20-17-14-11-8-5-2/h9,12,15,18,21,24-25,27,35,38,58-60,64-65H,4-8,10-11,13-14,16-17,19-20,22-23,26,28-34,36-37,39-57H2,1-3H3,(H,63,66)/b12-9+,18-15+,24-21+,27-25+,38-35-. The molecular weight excluding hydrogens is 839 g/mol. The van der Waals surface area contributed by atoms with E-state index in [-0.39, 0.29) is 24.9 Å². The second-order valence-corrected chi connectivity index (χ2v) is 20.1. The topological polar surface area (TPSA) is 95.9 Å². The Morgan fingerprint density at radius 1 is 0.441 bits per heavy atom. The quantitative estimate of drug-likeness (QED) is 0.0244. The predicted octanol–water partition coefficient (Wildman–Crippen LogP) is 18.4. The highest BCUT2D eigenvalue weighted by Gasteiger charge is 2.24. The van der Waals surface area contributed by atoms with Crippen LogP contribution in [0.2, 0.25) is 0 Å². The summed E-state index contributed by atoms with van der Waals surface area (Å²) in [5.74, 6) is -0.507. The number of carbonyl (C=O) groups is 2. The highest BCUT2D eigenvalue weighted by atomic mass is 16.5. The molecule has 0 radical (unpaired) electrons. The number of nitrogens with one attached hydrogen (secondary N) is 1. The molecule has 396 valence electrons. The Labute approximate surface area is 422 Å². The highest BCUT2D eigenvalue weighted by molar-refractivity contribution is 5.77. The molecule has 0 heterocycles. The van der Waals surface area contributed by atoms with Gasteiger partial charge in [-0.1, -0.05) is 274 Å². The van der Waals surface area contributed by atoms with Crippen LogP contribution in [-0.4, -0.2) is 46.9 Å². The van der Waals surface area contributed by atoms with Crippen LogP contribution in [-0.2, 0) is 14.3 Å². The third-order valence-corrected chi connectivity index (χ3v) is 13.4. The number of amides is 1. The van der Waals surface area contributed by atoms with Gasteiger partial charge < -0.3 is 20.3 Å². The lowest BCUT2D eigenvalue weighted by atomic mass is 10.0. The van der Waals surface area contributed by atoms with E-state index in [0.29, 0.717) is 19.3 Å². The normalized spacial score (nSPS) is 13.5. The molecule has 0 aliphatic rings. The lowest BCUT2D eigenvalue weighted by Gasteiger charge is -2.24. The first-order valence-electron chi connectivity index (χ1n) is 29.6. The fourth-order valence-corrected chi connectivity index (χ4v) is 8.97. The van der Waals surface area contributed by atoms with Crippen LogP contribution < -0.4 is 5.32 Å². The number of hydrogen-bond acceptors (Lipinski definition) is 5. The smallest absolute Gasteiger partial charge is 0.306 e. The zero-order valence-electron chi connectivity index (χ0n) is 45.2. The number of allylic oxidation sites excluding steroid dienone is 10. The van der Waals surface area contributed by atoms with Crippen molar-refractivity contribution in [1.82, 2.24) is 5.32 Å². The number of carbonyl (C=O) groups excluding carboxylic acids is 2. The summed E-state index contributed by atoms with van der Waals surface area (Å²) in [6.07, 6.45) is 70.1. The second-order valence-electron chi connectivity index (χ2n) is 20.1. The molecule has 0 aromatic rings. The van der Waals surface area contributed by atoms with Gasteiger partial charge in [-0.15, -0.1) is 0 Å². The molecule has 0 rings (SSSR count). The highest BCUT2D eigenvalue weighted by Crippen LogP contribution is 2.18. The van der Waals surface area contributed by atoms with Gasteiger partial charge in [0.1, 0.15) is 6.10 Å². The maximum atomic E-state index is 13.3. The lowest BCUT2D eigenvalue weighted by Crippen LogP contribution is -2.46. The average Bonchev–Trinajstić information content (AvgIpc) is 3.33. The molecule has 0 spiro atoms. The van der Waals surface area contributed by atoms with Crippen molar-refractivity contribution in [2.45, 2.75) is 315 Å². The molecule has 3 unspecified atom stereocenters. The van der Waals surface area contributed by atoms with E-state index in [1.807, 2.05) is 24.3 Å². The molecule has 0 bridgehead atoms. The minimum Gasteiger partial charge on any atom is -0.462 e. The lowest BCUT2D eigenvalue weighted by molar-refractivity contribution is -0.151. The van der Waals surface area contributed by atoms with E-state index < -0.39 is 18.2 Å². The Balaban J connectivity index is 4.51.